The van der Waals surface area contributed by atoms with E-state index in [1.807, 2.05) is 20.8 Å². The Labute approximate surface area is 148 Å². The van der Waals surface area contributed by atoms with Crippen LogP contribution in [0, 0.1) is 18.7 Å². The van der Waals surface area contributed by atoms with Crippen LogP contribution in [0.1, 0.15) is 42.9 Å². The van der Waals surface area contributed by atoms with Crippen LogP contribution < -0.4 is 10.1 Å². The van der Waals surface area contributed by atoms with E-state index in [2.05, 4.69) is 26.2 Å². The van der Waals surface area contributed by atoms with Gasteiger partial charge in [0.2, 0.25) is 5.76 Å². The average Bonchev–Trinajstić information content (AvgIpc) is 2.84. The largest absolute Gasteiger partial charge is 0.492 e. The number of amides is 1. The van der Waals surface area contributed by atoms with Gasteiger partial charge >= 0.3 is 0 Å². The van der Waals surface area contributed by atoms with Crippen molar-refractivity contribution in [2.75, 3.05) is 11.9 Å². The molecule has 1 heterocycles. The van der Waals surface area contributed by atoms with Gasteiger partial charge in [0.1, 0.15) is 11.6 Å². The molecule has 24 heavy (non-hydrogen) atoms. The molecule has 130 valence electrons. The Morgan fingerprint density at radius 2 is 2.17 bits per heavy atom. The fraction of sp³-hybridized carbons (Fsp3) is 0.412. The number of aryl methyl sites for hydroxylation is 1. The average molecular weight is 399 g/mol. The topological polar surface area (TPSA) is 64.4 Å². The first-order valence-electron chi connectivity index (χ1n) is 7.71. The third kappa shape index (κ3) is 4.35. The Bertz CT molecular complexity index is 744. The smallest absolute Gasteiger partial charge is 0.293 e. The zero-order valence-corrected chi connectivity index (χ0v) is 15.7. The van der Waals surface area contributed by atoms with Crippen molar-refractivity contribution in [3.05, 3.63) is 39.8 Å². The molecule has 1 aromatic heterocycles. The van der Waals surface area contributed by atoms with Crippen LogP contribution in [0.25, 0.3) is 0 Å². The highest BCUT2D eigenvalue weighted by Gasteiger charge is 2.20. The summed E-state index contributed by atoms with van der Waals surface area (Å²) < 4.78 is 25.0. The highest BCUT2D eigenvalue weighted by molar-refractivity contribution is 9.10. The third-order valence-corrected chi connectivity index (χ3v) is 3.81. The number of ether oxygens (including phenoxy) is 1. The summed E-state index contributed by atoms with van der Waals surface area (Å²) in [5.41, 5.74) is 0.738. The number of carbonyl (C=O) groups is 1. The molecule has 0 saturated heterocycles. The Morgan fingerprint density at radius 3 is 2.79 bits per heavy atom. The molecule has 0 spiro atoms. The van der Waals surface area contributed by atoms with E-state index in [9.17, 15) is 9.18 Å². The van der Waals surface area contributed by atoms with E-state index in [1.54, 1.807) is 6.92 Å². The van der Waals surface area contributed by atoms with Crippen LogP contribution in [-0.2, 0) is 6.42 Å². The minimum absolute atomic E-state index is 0.122. The van der Waals surface area contributed by atoms with Gasteiger partial charge in [-0.1, -0.05) is 13.8 Å². The SMILES string of the molecule is CCOc1cc(Br)c(F)cc1NC(=O)c1oc(CC(C)C)nc1C. The lowest BCUT2D eigenvalue weighted by Crippen LogP contribution is -2.13. The van der Waals surface area contributed by atoms with Gasteiger partial charge in [-0.05, 0) is 41.8 Å². The summed E-state index contributed by atoms with van der Waals surface area (Å²) in [6.07, 6.45) is 0.644. The minimum atomic E-state index is -0.497. The molecule has 0 aliphatic rings. The number of oxazole rings is 1. The maximum absolute atomic E-state index is 13.8. The van der Waals surface area contributed by atoms with Crippen molar-refractivity contribution in [1.29, 1.82) is 0 Å². The van der Waals surface area contributed by atoms with Crippen LogP contribution >= 0.6 is 15.9 Å². The van der Waals surface area contributed by atoms with E-state index < -0.39 is 11.7 Å². The number of halogens is 2. The van der Waals surface area contributed by atoms with Gasteiger partial charge in [-0.25, -0.2) is 9.37 Å². The first-order chi connectivity index (χ1) is 11.3. The monoisotopic (exact) mass is 398 g/mol. The van der Waals surface area contributed by atoms with Crippen LogP contribution in [-0.4, -0.2) is 17.5 Å². The molecule has 0 fully saturated rings. The normalized spacial score (nSPS) is 11.0. The van der Waals surface area contributed by atoms with Gasteiger partial charge in [0.05, 0.1) is 22.5 Å². The molecule has 0 saturated carbocycles. The second-order valence-electron chi connectivity index (χ2n) is 5.77. The van der Waals surface area contributed by atoms with Gasteiger partial charge in [-0.15, -0.1) is 0 Å². The van der Waals surface area contributed by atoms with Crippen molar-refractivity contribution >= 4 is 27.5 Å². The Kier molecular flexibility index (Phi) is 5.99. The maximum Gasteiger partial charge on any atom is 0.293 e. The molecule has 1 aromatic carbocycles. The number of hydrogen-bond donors (Lipinski definition) is 1. The van der Waals surface area contributed by atoms with Gasteiger partial charge in [0.15, 0.2) is 5.89 Å². The molecule has 0 bridgehead atoms. The lowest BCUT2D eigenvalue weighted by atomic mass is 10.1. The summed E-state index contributed by atoms with van der Waals surface area (Å²) in [6.45, 7) is 7.98. The van der Waals surface area contributed by atoms with Gasteiger partial charge in [-0.3, -0.25) is 4.79 Å². The Balaban J connectivity index is 2.26. The lowest BCUT2D eigenvalue weighted by molar-refractivity contribution is 0.0993. The molecule has 0 radical (unpaired) electrons. The third-order valence-electron chi connectivity index (χ3n) is 3.20. The van der Waals surface area contributed by atoms with E-state index >= 15 is 0 Å². The number of nitrogens with one attached hydrogen (secondary N) is 1. The number of carbonyl (C=O) groups excluding carboxylic acids is 1. The van der Waals surface area contributed by atoms with Crippen LogP contribution in [0.15, 0.2) is 21.0 Å². The first-order valence-corrected chi connectivity index (χ1v) is 8.50. The van der Waals surface area contributed by atoms with Crippen molar-refractivity contribution < 1.29 is 18.3 Å². The highest BCUT2D eigenvalue weighted by atomic mass is 79.9. The number of aromatic nitrogens is 1. The minimum Gasteiger partial charge on any atom is -0.492 e. The first kappa shape index (κ1) is 18.4. The number of nitrogens with zero attached hydrogens (tertiary/aromatic N) is 1. The molecular formula is C17H20BrFN2O3. The maximum atomic E-state index is 13.8. The highest BCUT2D eigenvalue weighted by Crippen LogP contribution is 2.31. The zero-order valence-electron chi connectivity index (χ0n) is 14.1. The molecule has 1 amide bonds. The molecule has 0 atom stereocenters. The second kappa shape index (κ2) is 7.79. The van der Waals surface area contributed by atoms with E-state index in [0.29, 0.717) is 36.3 Å². The summed E-state index contributed by atoms with van der Waals surface area (Å²) in [5.74, 6) is 0.389. The molecule has 1 N–H and O–H groups in total. The summed E-state index contributed by atoms with van der Waals surface area (Å²) in [5, 5.41) is 2.63. The van der Waals surface area contributed by atoms with E-state index in [0.717, 1.165) is 0 Å². The van der Waals surface area contributed by atoms with Crippen molar-refractivity contribution in [2.24, 2.45) is 5.92 Å². The van der Waals surface area contributed by atoms with Crippen molar-refractivity contribution in [3.8, 4) is 5.75 Å². The molecule has 5 nitrogen and oxygen atoms in total. The Morgan fingerprint density at radius 1 is 1.46 bits per heavy atom. The molecule has 2 rings (SSSR count). The van der Waals surface area contributed by atoms with E-state index in [4.69, 9.17) is 9.15 Å². The second-order valence-corrected chi connectivity index (χ2v) is 6.62. The zero-order chi connectivity index (χ0) is 17.9. The fourth-order valence-electron chi connectivity index (χ4n) is 2.18. The molecule has 0 aliphatic heterocycles. The number of rotatable bonds is 6. The van der Waals surface area contributed by atoms with Crippen molar-refractivity contribution in [2.45, 2.75) is 34.1 Å². The van der Waals surface area contributed by atoms with Crippen LogP contribution in [0.4, 0.5) is 10.1 Å². The van der Waals surface area contributed by atoms with Crippen molar-refractivity contribution in [3.63, 3.8) is 0 Å². The van der Waals surface area contributed by atoms with Crippen LogP contribution in [0.2, 0.25) is 0 Å². The number of benzene rings is 1. The van der Waals surface area contributed by atoms with Gasteiger partial charge < -0.3 is 14.5 Å². The Hall–Kier alpha value is -1.89. The van der Waals surface area contributed by atoms with Crippen LogP contribution in [0.3, 0.4) is 0 Å². The molecule has 7 heteroatoms. The predicted octanol–water partition coefficient (Wildman–Crippen LogP) is 4.73. The predicted molar refractivity (Wildman–Crippen MR) is 93.0 cm³/mol. The van der Waals surface area contributed by atoms with E-state index in [-0.39, 0.29) is 15.9 Å². The number of anilines is 1. The van der Waals surface area contributed by atoms with Gasteiger partial charge in [-0.2, -0.15) is 0 Å². The molecule has 0 aliphatic carbocycles. The standard InChI is InChI=1S/C17H20BrFN2O3/c1-5-23-14-7-11(18)12(19)8-13(14)21-17(22)16-10(4)20-15(24-16)6-9(2)3/h7-9H,5-6H2,1-4H3,(H,21,22). The van der Waals surface area contributed by atoms with Crippen LogP contribution in [0.5, 0.6) is 5.75 Å². The fourth-order valence-corrected chi connectivity index (χ4v) is 2.50. The lowest BCUT2D eigenvalue weighted by Gasteiger charge is -2.12. The molecule has 2 aromatic rings. The van der Waals surface area contributed by atoms with Crippen molar-refractivity contribution in [1.82, 2.24) is 4.98 Å². The molecular weight excluding hydrogens is 379 g/mol. The summed E-state index contributed by atoms with van der Waals surface area (Å²) in [6, 6.07) is 2.68. The van der Waals surface area contributed by atoms with Gasteiger partial charge in [0, 0.05) is 12.5 Å². The summed E-state index contributed by atoms with van der Waals surface area (Å²) in [4.78, 5) is 16.7. The summed E-state index contributed by atoms with van der Waals surface area (Å²) >= 11 is 3.10. The van der Waals surface area contributed by atoms with E-state index in [1.165, 1.54) is 12.1 Å². The number of hydrogen-bond acceptors (Lipinski definition) is 4. The quantitative estimate of drug-likeness (QED) is 0.763. The molecule has 0 unspecified atom stereocenters. The summed E-state index contributed by atoms with van der Waals surface area (Å²) in [7, 11) is 0. The van der Waals surface area contributed by atoms with Gasteiger partial charge in [0.25, 0.3) is 5.91 Å².